The molecule has 0 aliphatic carbocycles. The first kappa shape index (κ1) is 14.0. The van der Waals surface area contributed by atoms with Crippen LogP contribution in [0.1, 0.15) is 22.8 Å². The van der Waals surface area contributed by atoms with E-state index in [1.165, 1.54) is 18.9 Å². The molecule has 1 amide bonds. The third kappa shape index (κ3) is 3.00. The van der Waals surface area contributed by atoms with Gasteiger partial charge >= 0.3 is 6.18 Å². The van der Waals surface area contributed by atoms with Crippen molar-refractivity contribution in [3.05, 3.63) is 35.4 Å². The first-order valence-corrected chi connectivity index (χ1v) is 5.11. The second-order valence-corrected chi connectivity index (χ2v) is 3.80. The van der Waals surface area contributed by atoms with Crippen molar-refractivity contribution in [2.45, 2.75) is 19.1 Å². The Balaban J connectivity index is 2.93. The number of benzene rings is 1. The van der Waals surface area contributed by atoms with Crippen molar-refractivity contribution in [1.82, 2.24) is 4.90 Å². The van der Waals surface area contributed by atoms with Crippen LogP contribution in [0.3, 0.4) is 0 Å². The number of nitrogens with zero attached hydrogens (tertiary/aromatic N) is 2. The lowest BCUT2D eigenvalue weighted by atomic mass is 10.1. The molecule has 3 nitrogen and oxygen atoms in total. The summed E-state index contributed by atoms with van der Waals surface area (Å²) in [5.74, 6) is -0.488. The van der Waals surface area contributed by atoms with Gasteiger partial charge in [-0.3, -0.25) is 4.79 Å². The van der Waals surface area contributed by atoms with Crippen LogP contribution in [0.2, 0.25) is 0 Å². The van der Waals surface area contributed by atoms with Crippen LogP contribution in [0.5, 0.6) is 0 Å². The Morgan fingerprint density at radius 3 is 2.22 bits per heavy atom. The summed E-state index contributed by atoms with van der Waals surface area (Å²) in [6.45, 7) is 1.53. The minimum absolute atomic E-state index is 0.118. The van der Waals surface area contributed by atoms with E-state index < -0.39 is 23.7 Å². The van der Waals surface area contributed by atoms with Gasteiger partial charge in [-0.2, -0.15) is 18.4 Å². The Kier molecular flexibility index (Phi) is 3.96. The van der Waals surface area contributed by atoms with Gasteiger partial charge in [0.05, 0.1) is 11.6 Å². The fraction of sp³-hybridized carbons (Fsp3) is 0.333. The van der Waals surface area contributed by atoms with Gasteiger partial charge in [-0.05, 0) is 31.2 Å². The van der Waals surface area contributed by atoms with Gasteiger partial charge in [0, 0.05) is 12.6 Å². The summed E-state index contributed by atoms with van der Waals surface area (Å²) < 4.78 is 37.0. The number of carbonyl (C=O) groups is 1. The average Bonchev–Trinajstić information content (AvgIpc) is 2.35. The van der Waals surface area contributed by atoms with E-state index in [0.29, 0.717) is 0 Å². The monoisotopic (exact) mass is 256 g/mol. The molecule has 0 fully saturated rings. The van der Waals surface area contributed by atoms with Gasteiger partial charge in [-0.1, -0.05) is 0 Å². The van der Waals surface area contributed by atoms with E-state index in [1.54, 1.807) is 0 Å². The van der Waals surface area contributed by atoms with E-state index in [2.05, 4.69) is 0 Å². The van der Waals surface area contributed by atoms with Crippen LogP contribution in [0.25, 0.3) is 0 Å². The van der Waals surface area contributed by atoms with Gasteiger partial charge in [-0.15, -0.1) is 0 Å². The summed E-state index contributed by atoms with van der Waals surface area (Å²) in [5.41, 5.74) is -0.692. The molecule has 0 aliphatic heterocycles. The highest BCUT2D eigenvalue weighted by atomic mass is 19.4. The lowest BCUT2D eigenvalue weighted by Crippen LogP contribution is -2.34. The summed E-state index contributed by atoms with van der Waals surface area (Å²) in [6.07, 6.45) is -4.42. The number of halogens is 3. The number of hydrogen-bond acceptors (Lipinski definition) is 2. The molecule has 1 atom stereocenters. The van der Waals surface area contributed by atoms with Crippen molar-refractivity contribution in [3.63, 3.8) is 0 Å². The van der Waals surface area contributed by atoms with E-state index in [0.717, 1.165) is 24.3 Å². The summed E-state index contributed by atoms with van der Waals surface area (Å²) in [4.78, 5) is 13.0. The Morgan fingerprint density at radius 1 is 1.33 bits per heavy atom. The Morgan fingerprint density at radius 2 is 1.83 bits per heavy atom. The van der Waals surface area contributed by atoms with Gasteiger partial charge in [0.2, 0.25) is 0 Å². The highest BCUT2D eigenvalue weighted by Gasteiger charge is 2.30. The van der Waals surface area contributed by atoms with Crippen LogP contribution in [-0.4, -0.2) is 23.9 Å². The topological polar surface area (TPSA) is 44.1 Å². The predicted octanol–water partition coefficient (Wildman–Crippen LogP) is 2.69. The number of nitriles is 1. The minimum Gasteiger partial charge on any atom is -0.326 e. The standard InChI is InChI=1S/C12H11F3N2O/c1-8(7-16)17(2)11(18)9-3-5-10(6-4-9)12(13,14)15/h3-6,8H,1-2H3. The van der Waals surface area contributed by atoms with Crippen molar-refractivity contribution < 1.29 is 18.0 Å². The minimum atomic E-state index is -4.42. The van der Waals surface area contributed by atoms with Gasteiger partial charge < -0.3 is 4.90 Å². The lowest BCUT2D eigenvalue weighted by molar-refractivity contribution is -0.137. The molecule has 0 saturated carbocycles. The smallest absolute Gasteiger partial charge is 0.326 e. The van der Waals surface area contributed by atoms with E-state index in [1.807, 2.05) is 6.07 Å². The zero-order valence-electron chi connectivity index (χ0n) is 9.82. The van der Waals surface area contributed by atoms with Crippen molar-refractivity contribution >= 4 is 5.91 Å². The van der Waals surface area contributed by atoms with Gasteiger partial charge in [0.15, 0.2) is 0 Å². The van der Waals surface area contributed by atoms with Gasteiger partial charge in [0.1, 0.15) is 6.04 Å². The molecule has 1 unspecified atom stereocenters. The highest BCUT2D eigenvalue weighted by Crippen LogP contribution is 2.29. The summed E-state index contributed by atoms with van der Waals surface area (Å²) in [6, 6.07) is 5.13. The van der Waals surface area contributed by atoms with Crippen LogP contribution in [0.15, 0.2) is 24.3 Å². The first-order chi connectivity index (χ1) is 8.27. The number of hydrogen-bond donors (Lipinski definition) is 0. The molecule has 1 rings (SSSR count). The average molecular weight is 256 g/mol. The Labute approximate surface area is 102 Å². The molecule has 0 bridgehead atoms. The maximum absolute atomic E-state index is 12.3. The zero-order valence-corrected chi connectivity index (χ0v) is 9.82. The second-order valence-electron chi connectivity index (χ2n) is 3.80. The van der Waals surface area contributed by atoms with Crippen LogP contribution >= 0.6 is 0 Å². The number of rotatable bonds is 2. The normalized spacial score (nSPS) is 12.7. The summed E-state index contributed by atoms with van der Waals surface area (Å²) in [7, 11) is 1.42. The van der Waals surface area contributed by atoms with E-state index in [9.17, 15) is 18.0 Å². The quantitative estimate of drug-likeness (QED) is 0.816. The van der Waals surface area contributed by atoms with E-state index in [-0.39, 0.29) is 5.56 Å². The van der Waals surface area contributed by atoms with Crippen LogP contribution in [-0.2, 0) is 6.18 Å². The molecule has 0 saturated heterocycles. The zero-order chi connectivity index (χ0) is 13.9. The molecule has 18 heavy (non-hydrogen) atoms. The lowest BCUT2D eigenvalue weighted by Gasteiger charge is -2.19. The first-order valence-electron chi connectivity index (χ1n) is 5.11. The third-order valence-corrected chi connectivity index (χ3v) is 2.55. The molecule has 0 N–H and O–H groups in total. The molecule has 1 aromatic rings. The summed E-state index contributed by atoms with van der Waals surface area (Å²) >= 11 is 0. The van der Waals surface area contributed by atoms with Crippen LogP contribution in [0.4, 0.5) is 13.2 Å². The number of amides is 1. The molecule has 96 valence electrons. The van der Waals surface area contributed by atoms with E-state index >= 15 is 0 Å². The molecule has 6 heteroatoms. The second kappa shape index (κ2) is 5.08. The largest absolute Gasteiger partial charge is 0.416 e. The van der Waals surface area contributed by atoms with Gasteiger partial charge in [0.25, 0.3) is 5.91 Å². The molecular formula is C12H11F3N2O. The molecule has 0 aliphatic rings. The van der Waals surface area contributed by atoms with E-state index in [4.69, 9.17) is 5.26 Å². The van der Waals surface area contributed by atoms with Crippen molar-refractivity contribution in [1.29, 1.82) is 5.26 Å². The third-order valence-electron chi connectivity index (χ3n) is 2.55. The molecule has 0 heterocycles. The molecular weight excluding hydrogens is 245 g/mol. The Hall–Kier alpha value is -2.03. The summed E-state index contributed by atoms with van der Waals surface area (Å²) in [5, 5.41) is 8.66. The number of carbonyl (C=O) groups excluding carboxylic acids is 1. The Bertz CT molecular complexity index is 474. The fourth-order valence-electron chi connectivity index (χ4n) is 1.27. The highest BCUT2D eigenvalue weighted by molar-refractivity contribution is 5.94. The van der Waals surface area contributed by atoms with Crippen molar-refractivity contribution in [2.24, 2.45) is 0 Å². The predicted molar refractivity (Wildman–Crippen MR) is 58.6 cm³/mol. The van der Waals surface area contributed by atoms with Crippen molar-refractivity contribution in [3.8, 4) is 6.07 Å². The van der Waals surface area contributed by atoms with Crippen molar-refractivity contribution in [2.75, 3.05) is 7.05 Å². The number of alkyl halides is 3. The fourth-order valence-corrected chi connectivity index (χ4v) is 1.27. The molecule has 1 aromatic carbocycles. The molecule has 0 radical (unpaired) electrons. The SMILES string of the molecule is CC(C#N)N(C)C(=O)c1ccc(C(F)(F)F)cc1. The molecule has 0 spiro atoms. The van der Waals surface area contributed by atoms with Gasteiger partial charge in [-0.25, -0.2) is 0 Å². The van der Waals surface area contributed by atoms with Crippen LogP contribution < -0.4 is 0 Å². The maximum Gasteiger partial charge on any atom is 0.416 e. The molecule has 0 aromatic heterocycles. The maximum atomic E-state index is 12.3. The van der Waals surface area contributed by atoms with Crippen LogP contribution in [0, 0.1) is 11.3 Å².